The minimum absolute atomic E-state index is 0.111. The molecule has 0 saturated heterocycles. The second kappa shape index (κ2) is 11.6. The van der Waals surface area contributed by atoms with E-state index in [4.69, 9.17) is 16.2 Å². The molecule has 12 heteroatoms. The molecule has 0 bridgehead atoms. The summed E-state index contributed by atoms with van der Waals surface area (Å²) in [5, 5.41) is 2.49. The Labute approximate surface area is 216 Å². The van der Waals surface area contributed by atoms with Gasteiger partial charge in [-0.25, -0.2) is 4.39 Å². The number of nitrogens with one attached hydrogen (secondary N) is 1. The highest BCUT2D eigenvalue weighted by Gasteiger charge is 2.37. The van der Waals surface area contributed by atoms with Gasteiger partial charge in [0.2, 0.25) is 5.91 Å². The van der Waals surface area contributed by atoms with E-state index in [0.29, 0.717) is 22.8 Å². The highest BCUT2D eigenvalue weighted by Crippen LogP contribution is 2.35. The first-order valence-electron chi connectivity index (χ1n) is 11.2. The summed E-state index contributed by atoms with van der Waals surface area (Å²) in [7, 11) is 0. The molecule has 0 aliphatic rings. The number of carbonyl (C=O) groups excluding carboxylic acids is 4. The average molecular weight is 528 g/mol. The number of primary amides is 1. The second-order valence-electron chi connectivity index (χ2n) is 8.08. The summed E-state index contributed by atoms with van der Waals surface area (Å²) in [5.41, 5.74) is 12.9. The topological polar surface area (TPSA) is 158 Å². The molecule has 1 unspecified atom stereocenters. The first kappa shape index (κ1) is 27.3. The van der Waals surface area contributed by atoms with E-state index in [0.717, 1.165) is 17.7 Å². The minimum atomic E-state index is -1.36. The zero-order valence-electron chi connectivity index (χ0n) is 20.4. The number of aryl methyl sites for hydroxylation is 2. The number of ether oxygens (including phenoxy) is 1. The summed E-state index contributed by atoms with van der Waals surface area (Å²) < 4.78 is 22.6. The molecule has 37 heavy (non-hydrogen) atoms. The Hall–Kier alpha value is -4.32. The van der Waals surface area contributed by atoms with Gasteiger partial charge in [-0.3, -0.25) is 24.1 Å². The van der Waals surface area contributed by atoms with Crippen LogP contribution in [-0.2, 0) is 14.3 Å². The van der Waals surface area contributed by atoms with Crippen LogP contribution in [0.3, 0.4) is 0 Å². The number of benzene rings is 2. The molecule has 194 valence electrons. The third kappa shape index (κ3) is 6.09. The summed E-state index contributed by atoms with van der Waals surface area (Å²) in [6.45, 7) is 4.86. The summed E-state index contributed by atoms with van der Waals surface area (Å²) in [6, 6.07) is 8.98. The number of amides is 3. The Kier molecular flexibility index (Phi) is 8.56. The van der Waals surface area contributed by atoms with Crippen molar-refractivity contribution in [2.24, 2.45) is 5.73 Å². The van der Waals surface area contributed by atoms with E-state index >= 15 is 0 Å². The van der Waals surface area contributed by atoms with Crippen LogP contribution in [0.25, 0.3) is 0 Å². The van der Waals surface area contributed by atoms with Gasteiger partial charge in [-0.2, -0.15) is 4.37 Å². The van der Waals surface area contributed by atoms with Gasteiger partial charge >= 0.3 is 5.97 Å². The predicted octanol–water partition coefficient (Wildman–Crippen LogP) is 2.65. The molecule has 3 aromatic rings. The fourth-order valence-electron chi connectivity index (χ4n) is 3.61. The largest absolute Gasteiger partial charge is 0.465 e. The van der Waals surface area contributed by atoms with Gasteiger partial charge in [0.05, 0.1) is 12.3 Å². The van der Waals surface area contributed by atoms with E-state index in [1.165, 1.54) is 17.0 Å². The Morgan fingerprint density at radius 3 is 2.41 bits per heavy atom. The number of nitrogens with two attached hydrogens (primary N) is 2. The quantitative estimate of drug-likeness (QED) is 0.361. The highest BCUT2D eigenvalue weighted by molar-refractivity contribution is 7.09. The fraction of sp³-hybridized carbons (Fsp3) is 0.240. The van der Waals surface area contributed by atoms with E-state index in [1.807, 2.05) is 13.0 Å². The van der Waals surface area contributed by atoms with Crippen LogP contribution in [-0.4, -0.2) is 41.2 Å². The molecule has 0 spiro atoms. The van der Waals surface area contributed by atoms with Crippen LogP contribution in [0.5, 0.6) is 0 Å². The van der Waals surface area contributed by atoms with Gasteiger partial charge in [-0.05, 0) is 67.2 Å². The smallest absolute Gasteiger partial charge is 0.325 e. The predicted molar refractivity (Wildman–Crippen MR) is 137 cm³/mol. The van der Waals surface area contributed by atoms with Crippen LogP contribution in [0, 0.1) is 19.7 Å². The molecule has 3 amide bonds. The molecule has 0 aliphatic carbocycles. The molecule has 1 heterocycles. The summed E-state index contributed by atoms with van der Waals surface area (Å²) >= 11 is 0.664. The van der Waals surface area contributed by atoms with Crippen molar-refractivity contribution in [1.29, 1.82) is 0 Å². The summed E-state index contributed by atoms with van der Waals surface area (Å²) in [6.07, 6.45) is 0. The zero-order chi connectivity index (χ0) is 27.3. The number of anilines is 2. The maximum atomic E-state index is 14.0. The van der Waals surface area contributed by atoms with E-state index in [2.05, 4.69) is 9.69 Å². The van der Waals surface area contributed by atoms with E-state index < -0.39 is 42.1 Å². The van der Waals surface area contributed by atoms with E-state index in [9.17, 15) is 23.6 Å². The first-order chi connectivity index (χ1) is 17.5. The second-order valence-corrected chi connectivity index (χ2v) is 8.85. The molecule has 10 nitrogen and oxygen atoms in total. The van der Waals surface area contributed by atoms with Gasteiger partial charge < -0.3 is 21.5 Å². The molecule has 2 aromatic carbocycles. The Balaban J connectivity index is 2.20. The lowest BCUT2D eigenvalue weighted by Crippen LogP contribution is -2.45. The van der Waals surface area contributed by atoms with Gasteiger partial charge in [0.1, 0.15) is 23.3 Å². The van der Waals surface area contributed by atoms with Crippen molar-refractivity contribution in [3.05, 3.63) is 75.5 Å². The Morgan fingerprint density at radius 1 is 1.14 bits per heavy atom. The summed E-state index contributed by atoms with van der Waals surface area (Å²) in [4.78, 5) is 52.3. The van der Waals surface area contributed by atoms with Gasteiger partial charge in [0, 0.05) is 5.69 Å². The number of halogens is 1. The van der Waals surface area contributed by atoms with Crippen molar-refractivity contribution >= 4 is 46.6 Å². The number of hydrogen-bond donors (Lipinski definition) is 3. The minimum Gasteiger partial charge on any atom is -0.465 e. The molecule has 1 atom stereocenters. The van der Waals surface area contributed by atoms with Crippen molar-refractivity contribution in [2.45, 2.75) is 26.8 Å². The molecule has 0 radical (unpaired) electrons. The van der Waals surface area contributed by atoms with Gasteiger partial charge in [0.25, 0.3) is 11.8 Å². The average Bonchev–Trinajstić information content (AvgIpc) is 3.25. The monoisotopic (exact) mass is 527 g/mol. The zero-order valence-corrected chi connectivity index (χ0v) is 21.2. The Morgan fingerprint density at radius 2 is 1.81 bits per heavy atom. The number of carbonyl (C=O) groups is 4. The van der Waals surface area contributed by atoms with Crippen LogP contribution < -0.4 is 21.7 Å². The molecule has 5 N–H and O–H groups in total. The van der Waals surface area contributed by atoms with Gasteiger partial charge in [-0.1, -0.05) is 24.3 Å². The lowest BCUT2D eigenvalue weighted by molar-refractivity contribution is -0.143. The van der Waals surface area contributed by atoms with Crippen LogP contribution in [0.15, 0.2) is 42.5 Å². The third-order valence-electron chi connectivity index (χ3n) is 5.40. The third-order valence-corrected chi connectivity index (χ3v) is 6.25. The van der Waals surface area contributed by atoms with E-state index in [-0.39, 0.29) is 28.4 Å². The van der Waals surface area contributed by atoms with Crippen LogP contribution in [0.1, 0.15) is 49.8 Å². The molecule has 0 aliphatic heterocycles. The Bertz CT molecular complexity index is 1340. The number of hydrogen-bond acceptors (Lipinski definition) is 8. The van der Waals surface area contributed by atoms with Crippen molar-refractivity contribution in [3.63, 3.8) is 0 Å². The lowest BCUT2D eigenvalue weighted by atomic mass is 10.0. The number of rotatable bonds is 9. The molecular formula is C25H26FN5O5S. The van der Waals surface area contributed by atoms with Crippen molar-refractivity contribution in [1.82, 2.24) is 9.69 Å². The molecule has 0 saturated carbocycles. The number of aromatic nitrogens is 1. The molecular weight excluding hydrogens is 501 g/mol. The number of esters is 1. The summed E-state index contributed by atoms with van der Waals surface area (Å²) in [5.74, 6) is -3.59. The van der Waals surface area contributed by atoms with Crippen LogP contribution >= 0.6 is 11.5 Å². The van der Waals surface area contributed by atoms with Crippen molar-refractivity contribution in [3.8, 4) is 0 Å². The first-order valence-corrected chi connectivity index (χ1v) is 12.0. The fourth-order valence-corrected chi connectivity index (χ4v) is 4.36. The van der Waals surface area contributed by atoms with Crippen molar-refractivity contribution < 1.29 is 28.3 Å². The van der Waals surface area contributed by atoms with Crippen molar-refractivity contribution in [2.75, 3.05) is 23.8 Å². The molecule has 0 fully saturated rings. The molecule has 1 aromatic heterocycles. The van der Waals surface area contributed by atoms with Crippen LogP contribution in [0.2, 0.25) is 0 Å². The normalized spacial score (nSPS) is 11.5. The lowest BCUT2D eigenvalue weighted by Gasteiger charge is -2.32. The van der Waals surface area contributed by atoms with Gasteiger partial charge in [-0.15, -0.1) is 0 Å². The molecule has 3 rings (SSSR count). The SMILES string of the molecule is CCOC(=O)CNC(=O)C(c1ccc(F)cc1)N(C(=O)c1snc(C(N)=O)c1N)c1cc(C)ccc1C. The van der Waals surface area contributed by atoms with Gasteiger partial charge in [0.15, 0.2) is 5.69 Å². The standard InChI is InChI=1S/C25H26FN5O5S/c1-4-36-18(32)12-29-24(34)21(15-7-9-16(26)10-8-15)31(17-11-13(2)5-6-14(17)3)25(35)22-19(27)20(23(28)33)30-37-22/h5-11,21H,4,12,27H2,1-3H3,(H2,28,33)(H,29,34). The van der Waals surface area contributed by atoms with Crippen LogP contribution in [0.4, 0.5) is 15.8 Å². The number of nitrogens with zero attached hydrogens (tertiary/aromatic N) is 2. The van der Waals surface area contributed by atoms with E-state index in [1.54, 1.807) is 26.0 Å². The highest BCUT2D eigenvalue weighted by atomic mass is 32.1. The number of nitrogen functional groups attached to an aromatic ring is 1. The maximum Gasteiger partial charge on any atom is 0.325 e. The maximum absolute atomic E-state index is 14.0.